The Morgan fingerprint density at radius 2 is 1.02 bits per heavy atom. The third kappa shape index (κ3) is 15.0. The first-order chi connectivity index (χ1) is 27.4. The highest BCUT2D eigenvalue weighted by molar-refractivity contribution is 5.96. The number of nitrogens with one attached hydrogen (secondary N) is 2. The van der Waals surface area contributed by atoms with E-state index in [2.05, 4.69) is 10.6 Å². The monoisotopic (exact) mass is 794 g/mol. The normalized spacial score (nSPS) is 11.6. The number of Topliss-reactive ketones (excluding diaryl/α,β-unsaturated/α-hetero) is 1. The van der Waals surface area contributed by atoms with Crippen LogP contribution in [0.1, 0.15) is 85.5 Å². The molecule has 0 unspecified atom stereocenters. The second-order valence-electron chi connectivity index (χ2n) is 14.7. The maximum Gasteiger partial charge on any atom is 0.408 e. The van der Waals surface area contributed by atoms with Crippen LogP contribution in [-0.2, 0) is 41.6 Å². The molecule has 0 bridgehead atoms. The predicted molar refractivity (Wildman–Crippen MR) is 220 cm³/mol. The van der Waals surface area contributed by atoms with Gasteiger partial charge in [0.05, 0.1) is 11.1 Å². The molecule has 2 amide bonds. The van der Waals surface area contributed by atoms with Gasteiger partial charge in [-0.1, -0.05) is 110 Å². The lowest BCUT2D eigenvalue weighted by molar-refractivity contribution is -0.142. The summed E-state index contributed by atoms with van der Waals surface area (Å²) in [5, 5.41) is 14.6. The molecule has 0 aliphatic carbocycles. The minimum Gasteiger partial charge on any atom is -0.480 e. The fourth-order valence-electron chi connectivity index (χ4n) is 6.41. The number of ketones is 1. The highest BCUT2D eigenvalue weighted by Gasteiger charge is 2.28. The molecule has 0 spiro atoms. The zero-order valence-corrected chi connectivity index (χ0v) is 34.5. The quantitative estimate of drug-likeness (QED) is 0.0774. The molecule has 0 saturated carbocycles. The molecule has 0 saturated heterocycles. The zero-order valence-electron chi connectivity index (χ0n) is 34.5. The van der Waals surface area contributed by atoms with Crippen molar-refractivity contribution in [2.75, 3.05) is 13.2 Å². The average molecular weight is 795 g/mol. The van der Waals surface area contributed by atoms with Crippen molar-refractivity contribution in [1.29, 1.82) is 0 Å². The van der Waals surface area contributed by atoms with Crippen LogP contribution in [-0.4, -0.2) is 66.1 Å². The summed E-state index contributed by atoms with van der Waals surface area (Å²) in [7, 11) is 0. The van der Waals surface area contributed by atoms with E-state index in [0.717, 1.165) is 44.5 Å². The van der Waals surface area contributed by atoms with Gasteiger partial charge in [0, 0.05) is 6.42 Å². The molecule has 0 aliphatic rings. The first-order valence-electron chi connectivity index (χ1n) is 19.0. The van der Waals surface area contributed by atoms with Gasteiger partial charge in [-0.15, -0.1) is 0 Å². The second-order valence-corrected chi connectivity index (χ2v) is 14.7. The zero-order chi connectivity index (χ0) is 42.9. The molecule has 12 heteroatoms. The number of aliphatic carboxylic acids is 1. The van der Waals surface area contributed by atoms with E-state index in [9.17, 15) is 33.9 Å². The first-order valence-corrected chi connectivity index (χ1v) is 19.0. The first kappa shape index (κ1) is 46.1. The van der Waals surface area contributed by atoms with E-state index >= 15 is 0 Å². The smallest absolute Gasteiger partial charge is 0.408 e. The van der Waals surface area contributed by atoms with Crippen molar-refractivity contribution in [3.8, 4) is 0 Å². The molecule has 4 aromatic carbocycles. The summed E-state index contributed by atoms with van der Waals surface area (Å²) in [5.74, 6) is -3.18. The van der Waals surface area contributed by atoms with Gasteiger partial charge in [-0.25, -0.2) is 19.2 Å². The number of ether oxygens (including phenoxy) is 3. The number of rotatable bonds is 16. The van der Waals surface area contributed by atoms with E-state index in [1.165, 1.54) is 0 Å². The van der Waals surface area contributed by atoms with Crippen molar-refractivity contribution in [1.82, 2.24) is 10.6 Å². The molecular formula is C46H54N2O10. The number of hydrogen-bond donors (Lipinski definition) is 3. The lowest BCUT2D eigenvalue weighted by Crippen LogP contribution is -2.52. The maximum atomic E-state index is 12.7. The molecule has 4 rings (SSSR count). The summed E-state index contributed by atoms with van der Waals surface area (Å²) < 4.78 is 15.4. The van der Waals surface area contributed by atoms with Crippen LogP contribution in [0.4, 0.5) is 4.79 Å². The summed E-state index contributed by atoms with van der Waals surface area (Å²) in [4.78, 5) is 73.2. The predicted octanol–water partition coefficient (Wildman–Crippen LogP) is 7.26. The molecule has 0 aliphatic heterocycles. The molecule has 0 radical (unpaired) electrons. The van der Waals surface area contributed by atoms with Gasteiger partial charge in [0.25, 0.3) is 0 Å². The van der Waals surface area contributed by atoms with Crippen LogP contribution in [0.25, 0.3) is 0 Å². The number of carboxylic acids is 1. The van der Waals surface area contributed by atoms with Gasteiger partial charge in [-0.3, -0.25) is 9.59 Å². The molecule has 58 heavy (non-hydrogen) atoms. The minimum absolute atomic E-state index is 0.0778. The Balaban J connectivity index is 0.000000311. The Morgan fingerprint density at radius 1 is 0.586 bits per heavy atom. The van der Waals surface area contributed by atoms with Crippen molar-refractivity contribution < 1.29 is 48.1 Å². The number of aryl methyl sites for hydroxylation is 6. The summed E-state index contributed by atoms with van der Waals surface area (Å²) in [5.41, 5.74) is 7.83. The molecule has 2 atom stereocenters. The van der Waals surface area contributed by atoms with Gasteiger partial charge < -0.3 is 30.0 Å². The molecule has 0 aromatic heterocycles. The molecule has 0 heterocycles. The summed E-state index contributed by atoms with van der Waals surface area (Å²) in [6.45, 7) is 14.2. The summed E-state index contributed by atoms with van der Waals surface area (Å²) in [6.07, 6.45) is -0.229. The van der Waals surface area contributed by atoms with Gasteiger partial charge in [0.1, 0.15) is 18.7 Å². The Labute approximate surface area is 340 Å². The molecule has 0 fully saturated rings. The van der Waals surface area contributed by atoms with E-state index in [1.54, 1.807) is 12.1 Å². The molecule has 12 nitrogen and oxygen atoms in total. The van der Waals surface area contributed by atoms with E-state index in [1.807, 2.05) is 128 Å². The van der Waals surface area contributed by atoms with Gasteiger partial charge in [0.2, 0.25) is 11.7 Å². The number of hydrogen-bond acceptors (Lipinski definition) is 9. The molecule has 4 aromatic rings. The Kier molecular flexibility index (Phi) is 17.8. The highest BCUT2D eigenvalue weighted by atomic mass is 16.6. The third-order valence-corrected chi connectivity index (χ3v) is 8.92. The van der Waals surface area contributed by atoms with Gasteiger partial charge in [-0.2, -0.15) is 0 Å². The van der Waals surface area contributed by atoms with E-state index < -0.39 is 61.0 Å². The minimum atomic E-state index is -1.14. The van der Waals surface area contributed by atoms with Crippen LogP contribution < -0.4 is 10.6 Å². The van der Waals surface area contributed by atoms with Crippen LogP contribution in [0, 0.1) is 47.5 Å². The number of carboxylic acid groups (broad SMARTS) is 1. The van der Waals surface area contributed by atoms with Gasteiger partial charge >= 0.3 is 24.0 Å². The Hall–Kier alpha value is -6.30. The third-order valence-electron chi connectivity index (χ3n) is 8.92. The van der Waals surface area contributed by atoms with Crippen LogP contribution in [0.3, 0.4) is 0 Å². The van der Waals surface area contributed by atoms with Crippen molar-refractivity contribution >= 4 is 35.7 Å². The van der Waals surface area contributed by atoms with Crippen molar-refractivity contribution in [2.24, 2.45) is 5.92 Å². The fraction of sp³-hybridized carbons (Fsp3) is 0.348. The van der Waals surface area contributed by atoms with Crippen LogP contribution in [0.2, 0.25) is 0 Å². The fourth-order valence-corrected chi connectivity index (χ4v) is 6.41. The Morgan fingerprint density at radius 3 is 1.43 bits per heavy atom. The van der Waals surface area contributed by atoms with Crippen molar-refractivity contribution in [3.05, 3.63) is 141 Å². The summed E-state index contributed by atoms with van der Waals surface area (Å²) in [6, 6.07) is 23.8. The van der Waals surface area contributed by atoms with Gasteiger partial charge in [0.15, 0.2) is 13.2 Å². The van der Waals surface area contributed by atoms with Crippen LogP contribution in [0.5, 0.6) is 0 Å². The Bertz CT molecular complexity index is 1940. The van der Waals surface area contributed by atoms with Crippen LogP contribution >= 0.6 is 0 Å². The second kappa shape index (κ2) is 22.4. The van der Waals surface area contributed by atoms with E-state index in [4.69, 9.17) is 14.2 Å². The largest absolute Gasteiger partial charge is 0.480 e. The van der Waals surface area contributed by atoms with Crippen molar-refractivity contribution in [3.63, 3.8) is 0 Å². The van der Waals surface area contributed by atoms with E-state index in [0.29, 0.717) is 17.5 Å². The number of amides is 2. The standard InChI is InChI=1S/C23H28N2O5.C23H26O5/c1-16(2)13-19(25-23(29)30-15-18-11-7-4-8-12-18)21(26)24-20(22(27)28)14-17-9-5-3-6-10-17;1-13-7-15(3)20(16(4)8-13)22(25)27-11-19(24)12-28-23(26)21-17(5)9-14(2)10-18(21)6/h3-12,16,19-20H,13-15H2,1-2H3,(H,24,26)(H,25,29)(H,27,28);7-10H,11-12H2,1-6H3/t19-,20-;/m0./s1. The highest BCUT2D eigenvalue weighted by Crippen LogP contribution is 2.19. The summed E-state index contributed by atoms with van der Waals surface area (Å²) >= 11 is 0. The number of esters is 2. The molecule has 3 N–H and O–H groups in total. The lowest BCUT2D eigenvalue weighted by Gasteiger charge is -2.22. The number of carbonyl (C=O) groups is 6. The van der Waals surface area contributed by atoms with E-state index in [-0.39, 0.29) is 18.9 Å². The van der Waals surface area contributed by atoms with Crippen LogP contribution in [0.15, 0.2) is 84.9 Å². The maximum absolute atomic E-state index is 12.7. The topological polar surface area (TPSA) is 174 Å². The number of carbonyl (C=O) groups excluding carboxylic acids is 5. The number of alkyl carbamates (subject to hydrolysis) is 1. The van der Waals surface area contributed by atoms with Crippen molar-refractivity contribution in [2.45, 2.75) is 86.9 Å². The SMILES string of the molecule is CC(C)C[C@H](NC(=O)OCc1ccccc1)C(=O)N[C@@H](Cc1ccccc1)C(=O)O.Cc1cc(C)c(C(=O)OCC(=O)COC(=O)c2c(C)cc(C)cc2C)c(C)c1. The number of benzene rings is 4. The lowest BCUT2D eigenvalue weighted by atomic mass is 10.00. The molecular weight excluding hydrogens is 741 g/mol. The van der Waals surface area contributed by atoms with Gasteiger partial charge in [-0.05, 0) is 87.3 Å². The molecule has 308 valence electrons. The average Bonchev–Trinajstić information content (AvgIpc) is 3.15.